The van der Waals surface area contributed by atoms with Crippen LogP contribution in [0, 0.1) is 0 Å². The van der Waals surface area contributed by atoms with Crippen LogP contribution >= 0.6 is 23.1 Å². The van der Waals surface area contributed by atoms with Crippen molar-refractivity contribution in [2.24, 2.45) is 0 Å². The van der Waals surface area contributed by atoms with E-state index in [9.17, 15) is 4.79 Å². The van der Waals surface area contributed by atoms with Crippen LogP contribution < -0.4 is 5.56 Å². The van der Waals surface area contributed by atoms with E-state index >= 15 is 0 Å². The maximum absolute atomic E-state index is 12.6. The van der Waals surface area contributed by atoms with Gasteiger partial charge in [-0.1, -0.05) is 0 Å². The molecule has 0 aromatic carbocycles. The van der Waals surface area contributed by atoms with Gasteiger partial charge in [-0.2, -0.15) is 11.8 Å². The van der Waals surface area contributed by atoms with Gasteiger partial charge in [0.2, 0.25) is 0 Å². The van der Waals surface area contributed by atoms with Gasteiger partial charge in [0.25, 0.3) is 5.56 Å². The van der Waals surface area contributed by atoms with Crippen molar-refractivity contribution in [3.63, 3.8) is 0 Å². The standard InChI is InChI=1S/C13H14N2OS2/c16-13-11-8-4-6-17-7-9(8)18-12(11)14-10-3-1-2-5-15(10)13/h1-7H2. The van der Waals surface area contributed by atoms with Crippen LogP contribution in [0.2, 0.25) is 0 Å². The molecule has 2 aliphatic heterocycles. The molecule has 0 aliphatic carbocycles. The molecule has 0 saturated heterocycles. The van der Waals surface area contributed by atoms with E-state index in [4.69, 9.17) is 4.98 Å². The molecular formula is C13H14N2OS2. The summed E-state index contributed by atoms with van der Waals surface area (Å²) in [6.45, 7) is 0.858. The van der Waals surface area contributed by atoms with Gasteiger partial charge in [-0.3, -0.25) is 9.36 Å². The highest BCUT2D eigenvalue weighted by Crippen LogP contribution is 2.35. The van der Waals surface area contributed by atoms with Crippen LogP contribution in [-0.2, 0) is 25.1 Å². The Morgan fingerprint density at radius 2 is 2.17 bits per heavy atom. The average molecular weight is 278 g/mol. The van der Waals surface area contributed by atoms with Crippen molar-refractivity contribution in [2.75, 3.05) is 5.75 Å². The fraction of sp³-hybridized carbons (Fsp3) is 0.538. The number of aromatic nitrogens is 2. The Kier molecular flexibility index (Phi) is 2.52. The van der Waals surface area contributed by atoms with Gasteiger partial charge in [0.05, 0.1) is 5.39 Å². The molecule has 0 N–H and O–H groups in total. The molecule has 0 bridgehead atoms. The van der Waals surface area contributed by atoms with Crippen LogP contribution in [-0.4, -0.2) is 15.3 Å². The van der Waals surface area contributed by atoms with Gasteiger partial charge in [-0.15, -0.1) is 11.3 Å². The van der Waals surface area contributed by atoms with Crippen molar-refractivity contribution in [1.29, 1.82) is 0 Å². The number of aryl methyl sites for hydroxylation is 2. The molecule has 0 unspecified atom stereocenters. The Morgan fingerprint density at radius 3 is 3.11 bits per heavy atom. The van der Waals surface area contributed by atoms with Gasteiger partial charge < -0.3 is 0 Å². The predicted octanol–water partition coefficient (Wildman–Crippen LogP) is 2.58. The maximum Gasteiger partial charge on any atom is 0.262 e. The number of rotatable bonds is 0. The molecule has 0 atom stereocenters. The van der Waals surface area contributed by atoms with Crippen molar-refractivity contribution in [3.8, 4) is 0 Å². The van der Waals surface area contributed by atoms with Gasteiger partial charge in [0.15, 0.2) is 0 Å². The molecule has 0 amide bonds. The van der Waals surface area contributed by atoms with E-state index < -0.39 is 0 Å². The van der Waals surface area contributed by atoms with Crippen LogP contribution in [0.15, 0.2) is 4.79 Å². The Bertz CT molecular complexity index is 686. The summed E-state index contributed by atoms with van der Waals surface area (Å²) in [5, 5.41) is 0.931. The molecule has 4 rings (SSSR count). The number of hydrogen-bond acceptors (Lipinski definition) is 4. The number of hydrogen-bond donors (Lipinski definition) is 0. The highest BCUT2D eigenvalue weighted by Gasteiger charge is 2.22. The summed E-state index contributed by atoms with van der Waals surface area (Å²) >= 11 is 3.71. The normalized spacial score (nSPS) is 18.7. The van der Waals surface area contributed by atoms with Crippen molar-refractivity contribution in [2.45, 2.75) is 38.0 Å². The monoisotopic (exact) mass is 278 g/mol. The first kappa shape index (κ1) is 11.1. The highest BCUT2D eigenvalue weighted by molar-refractivity contribution is 7.98. The summed E-state index contributed by atoms with van der Waals surface area (Å²) in [6.07, 6.45) is 4.28. The van der Waals surface area contributed by atoms with Crippen molar-refractivity contribution >= 4 is 33.3 Å². The summed E-state index contributed by atoms with van der Waals surface area (Å²) in [5.74, 6) is 3.20. The topological polar surface area (TPSA) is 34.9 Å². The van der Waals surface area contributed by atoms with E-state index in [1.165, 1.54) is 16.9 Å². The Balaban J connectivity index is 2.07. The van der Waals surface area contributed by atoms with E-state index in [0.717, 1.165) is 53.4 Å². The Hall–Kier alpha value is -0.810. The number of fused-ring (bicyclic) bond motifs is 4. The summed E-state index contributed by atoms with van der Waals surface area (Å²) in [5.41, 5.74) is 1.52. The van der Waals surface area contributed by atoms with E-state index in [0.29, 0.717) is 0 Å². The largest absolute Gasteiger partial charge is 0.296 e. The lowest BCUT2D eigenvalue weighted by Gasteiger charge is -2.17. The minimum absolute atomic E-state index is 0.221. The lowest BCUT2D eigenvalue weighted by atomic mass is 10.1. The zero-order valence-corrected chi connectivity index (χ0v) is 11.7. The lowest BCUT2D eigenvalue weighted by molar-refractivity contribution is 0.501. The Labute approximate surface area is 113 Å². The van der Waals surface area contributed by atoms with E-state index in [2.05, 4.69) is 0 Å². The molecule has 3 nitrogen and oxygen atoms in total. The van der Waals surface area contributed by atoms with Crippen LogP contribution in [0.5, 0.6) is 0 Å². The van der Waals surface area contributed by atoms with Crippen LogP contribution in [0.4, 0.5) is 0 Å². The maximum atomic E-state index is 12.6. The fourth-order valence-corrected chi connectivity index (χ4v) is 5.28. The Morgan fingerprint density at radius 1 is 1.22 bits per heavy atom. The molecule has 2 aromatic heterocycles. The highest BCUT2D eigenvalue weighted by atomic mass is 32.2. The SMILES string of the molecule is O=c1c2c3c(sc2nc2n1CCCC2)CSCC3. The van der Waals surface area contributed by atoms with Crippen LogP contribution in [0.1, 0.15) is 29.1 Å². The number of thiophene rings is 1. The third-order valence-corrected chi connectivity index (χ3v) is 6.13. The molecular weight excluding hydrogens is 264 g/mol. The zero-order valence-electron chi connectivity index (χ0n) is 10.1. The second-order valence-corrected chi connectivity index (χ2v) is 7.12. The van der Waals surface area contributed by atoms with Gasteiger partial charge in [-0.05, 0) is 30.6 Å². The zero-order chi connectivity index (χ0) is 12.1. The summed E-state index contributed by atoms with van der Waals surface area (Å²) < 4.78 is 1.92. The third-order valence-electron chi connectivity index (χ3n) is 3.83. The molecule has 0 saturated carbocycles. The summed E-state index contributed by atoms with van der Waals surface area (Å²) in [7, 11) is 0. The van der Waals surface area contributed by atoms with E-state index in [1.54, 1.807) is 11.3 Å². The molecule has 2 aromatic rings. The molecule has 2 aliphatic rings. The van der Waals surface area contributed by atoms with Crippen molar-refractivity contribution in [3.05, 3.63) is 26.6 Å². The molecule has 18 heavy (non-hydrogen) atoms. The molecule has 94 valence electrons. The summed E-state index contributed by atoms with van der Waals surface area (Å²) in [6, 6.07) is 0. The first-order chi connectivity index (χ1) is 8.84. The predicted molar refractivity (Wildman–Crippen MR) is 76.7 cm³/mol. The average Bonchev–Trinajstić information content (AvgIpc) is 2.77. The molecule has 0 fully saturated rings. The van der Waals surface area contributed by atoms with Gasteiger partial charge in [-0.25, -0.2) is 4.98 Å². The minimum Gasteiger partial charge on any atom is -0.296 e. The molecule has 0 radical (unpaired) electrons. The lowest BCUT2D eigenvalue weighted by Crippen LogP contribution is -2.28. The fourth-order valence-electron chi connectivity index (χ4n) is 2.92. The van der Waals surface area contributed by atoms with Gasteiger partial charge >= 0.3 is 0 Å². The van der Waals surface area contributed by atoms with Gasteiger partial charge in [0, 0.05) is 23.6 Å². The first-order valence-corrected chi connectivity index (χ1v) is 8.43. The minimum atomic E-state index is 0.221. The van der Waals surface area contributed by atoms with Crippen molar-refractivity contribution in [1.82, 2.24) is 9.55 Å². The van der Waals surface area contributed by atoms with E-state index in [1.807, 2.05) is 16.3 Å². The number of thioether (sulfide) groups is 1. The van der Waals surface area contributed by atoms with Crippen molar-refractivity contribution < 1.29 is 0 Å². The first-order valence-electron chi connectivity index (χ1n) is 6.46. The van der Waals surface area contributed by atoms with Crippen LogP contribution in [0.3, 0.4) is 0 Å². The van der Waals surface area contributed by atoms with Crippen LogP contribution in [0.25, 0.3) is 10.2 Å². The number of nitrogens with zero attached hydrogens (tertiary/aromatic N) is 2. The summed E-state index contributed by atoms with van der Waals surface area (Å²) in [4.78, 5) is 19.8. The second kappa shape index (κ2) is 4.10. The molecule has 0 spiro atoms. The van der Waals surface area contributed by atoms with E-state index in [-0.39, 0.29) is 5.56 Å². The van der Waals surface area contributed by atoms with Gasteiger partial charge in [0.1, 0.15) is 10.7 Å². The smallest absolute Gasteiger partial charge is 0.262 e. The third kappa shape index (κ3) is 1.50. The molecule has 5 heteroatoms. The quantitative estimate of drug-likeness (QED) is 0.743. The molecule has 4 heterocycles. The second-order valence-electron chi connectivity index (χ2n) is 4.93.